The van der Waals surface area contributed by atoms with E-state index in [-0.39, 0.29) is 17.8 Å². The second-order valence-corrected chi connectivity index (χ2v) is 8.18. The van der Waals surface area contributed by atoms with E-state index < -0.39 is 11.7 Å². The molecule has 0 saturated heterocycles. The van der Waals surface area contributed by atoms with E-state index >= 15 is 0 Å². The fourth-order valence-electron chi connectivity index (χ4n) is 3.99. The summed E-state index contributed by atoms with van der Waals surface area (Å²) in [5.74, 6) is -0.430. The van der Waals surface area contributed by atoms with Crippen molar-refractivity contribution in [1.29, 1.82) is 0 Å². The number of carbonyl (C=O) groups excluding carboxylic acids is 1. The number of nitrogens with zero attached hydrogens (tertiary/aromatic N) is 1. The lowest BCUT2D eigenvalue weighted by atomic mass is 10.0. The molecule has 1 N–H and O–H groups in total. The Kier molecular flexibility index (Phi) is 7.07. The quantitative estimate of drug-likeness (QED) is 0.398. The van der Waals surface area contributed by atoms with Crippen molar-refractivity contribution in [2.45, 2.75) is 32.7 Å². The number of hydrogen-bond donors (Lipinski definition) is 1. The Labute approximate surface area is 197 Å². The molecular weight excluding hydrogens is 431 g/mol. The van der Waals surface area contributed by atoms with Crippen LogP contribution in [0, 0.1) is 5.82 Å². The third-order valence-electron chi connectivity index (χ3n) is 5.94. The van der Waals surface area contributed by atoms with Crippen LogP contribution in [-0.4, -0.2) is 17.6 Å². The monoisotopic (exact) mass is 458 g/mol. The molecule has 1 heterocycles. The summed E-state index contributed by atoms with van der Waals surface area (Å²) in [6.07, 6.45) is 2.23. The molecule has 4 rings (SSSR count). The number of methoxy groups -OCH3 is 1. The molecule has 3 aromatic carbocycles. The molecule has 0 atom stereocenters. The zero-order valence-corrected chi connectivity index (χ0v) is 19.3. The largest absolute Gasteiger partial charge is 0.497 e. The highest BCUT2D eigenvalue weighted by molar-refractivity contribution is 5.92. The molecule has 0 aliphatic heterocycles. The van der Waals surface area contributed by atoms with Crippen LogP contribution >= 0.6 is 0 Å². The fraction of sp³-hybridized carbons (Fsp3) is 0.214. The van der Waals surface area contributed by atoms with Crippen molar-refractivity contribution < 1.29 is 13.9 Å². The summed E-state index contributed by atoms with van der Waals surface area (Å²) in [5, 5.41) is 3.39. The normalized spacial score (nSPS) is 10.9. The smallest absolute Gasteiger partial charge is 0.254 e. The SMILES string of the molecule is CCc1ccc(CCc2cc3ccc(OC)cc3n(CC(=O)Nc3ccccc3F)c2=O)cc1. The number of halogens is 1. The van der Waals surface area contributed by atoms with Crippen molar-refractivity contribution in [3.8, 4) is 5.75 Å². The number of ether oxygens (including phenoxy) is 1. The Morgan fingerprint density at radius 1 is 0.971 bits per heavy atom. The Hall–Kier alpha value is -3.93. The molecule has 0 unspecified atom stereocenters. The highest BCUT2D eigenvalue weighted by Crippen LogP contribution is 2.22. The van der Waals surface area contributed by atoms with E-state index in [0.717, 1.165) is 17.4 Å². The van der Waals surface area contributed by atoms with E-state index in [2.05, 4.69) is 36.5 Å². The molecule has 174 valence electrons. The molecule has 0 radical (unpaired) electrons. The first-order chi connectivity index (χ1) is 16.5. The van der Waals surface area contributed by atoms with Crippen molar-refractivity contribution in [3.63, 3.8) is 0 Å². The van der Waals surface area contributed by atoms with Crippen molar-refractivity contribution >= 4 is 22.5 Å². The fourth-order valence-corrected chi connectivity index (χ4v) is 3.99. The van der Waals surface area contributed by atoms with E-state index in [1.165, 1.54) is 22.3 Å². The first kappa shape index (κ1) is 23.2. The van der Waals surface area contributed by atoms with Gasteiger partial charge in [0.1, 0.15) is 18.1 Å². The first-order valence-corrected chi connectivity index (χ1v) is 11.3. The third kappa shape index (κ3) is 5.17. The number of pyridine rings is 1. The molecule has 1 aromatic heterocycles. The number of amides is 1. The number of fused-ring (bicyclic) bond motifs is 1. The van der Waals surface area contributed by atoms with Crippen LogP contribution in [0.15, 0.2) is 77.6 Å². The van der Waals surface area contributed by atoms with Gasteiger partial charge in [-0.15, -0.1) is 0 Å². The van der Waals surface area contributed by atoms with Gasteiger partial charge in [-0.25, -0.2) is 4.39 Å². The Morgan fingerprint density at radius 3 is 2.41 bits per heavy atom. The standard InChI is InChI=1S/C28H27FN2O3/c1-3-19-8-10-20(11-9-19)12-13-22-16-21-14-15-23(34-2)17-26(21)31(28(22)33)18-27(32)30-25-7-5-4-6-24(25)29/h4-11,14-17H,3,12-13,18H2,1-2H3,(H,30,32). The number of benzene rings is 3. The van der Waals surface area contributed by atoms with Crippen molar-refractivity contribution in [2.75, 3.05) is 12.4 Å². The molecule has 4 aromatic rings. The van der Waals surface area contributed by atoms with E-state index in [0.29, 0.717) is 29.7 Å². The minimum absolute atomic E-state index is 0.0779. The molecule has 0 saturated carbocycles. The van der Waals surface area contributed by atoms with Gasteiger partial charge in [0.05, 0.1) is 18.3 Å². The van der Waals surface area contributed by atoms with Gasteiger partial charge in [0.2, 0.25) is 5.91 Å². The average Bonchev–Trinajstić information content (AvgIpc) is 2.86. The van der Waals surface area contributed by atoms with Gasteiger partial charge in [-0.1, -0.05) is 43.3 Å². The van der Waals surface area contributed by atoms with Gasteiger partial charge in [0.15, 0.2) is 0 Å². The summed E-state index contributed by atoms with van der Waals surface area (Å²) in [4.78, 5) is 26.2. The van der Waals surface area contributed by atoms with Crippen LogP contribution < -0.4 is 15.6 Å². The highest BCUT2D eigenvalue weighted by Gasteiger charge is 2.15. The number of hydrogen-bond acceptors (Lipinski definition) is 3. The topological polar surface area (TPSA) is 60.3 Å². The van der Waals surface area contributed by atoms with Crippen molar-refractivity contribution in [2.24, 2.45) is 0 Å². The molecule has 0 aliphatic rings. The number of rotatable bonds is 8. The van der Waals surface area contributed by atoms with Crippen LogP contribution in [0.5, 0.6) is 5.75 Å². The minimum atomic E-state index is -0.530. The summed E-state index contributed by atoms with van der Waals surface area (Å²) >= 11 is 0. The molecule has 0 bridgehead atoms. The van der Waals surface area contributed by atoms with Gasteiger partial charge < -0.3 is 10.1 Å². The van der Waals surface area contributed by atoms with E-state index in [1.807, 2.05) is 18.2 Å². The number of anilines is 1. The van der Waals surface area contributed by atoms with Crippen LogP contribution in [-0.2, 0) is 30.6 Å². The lowest BCUT2D eigenvalue weighted by molar-refractivity contribution is -0.116. The number of aryl methyl sites for hydroxylation is 3. The summed E-state index contributed by atoms with van der Waals surface area (Å²) in [5.41, 5.74) is 3.46. The summed E-state index contributed by atoms with van der Waals surface area (Å²) in [6.45, 7) is 1.87. The van der Waals surface area contributed by atoms with E-state index in [4.69, 9.17) is 4.74 Å². The van der Waals surface area contributed by atoms with Crippen LogP contribution in [0.4, 0.5) is 10.1 Å². The summed E-state index contributed by atoms with van der Waals surface area (Å²) < 4.78 is 20.7. The van der Waals surface area contributed by atoms with Gasteiger partial charge in [0.25, 0.3) is 5.56 Å². The molecule has 1 amide bonds. The van der Waals surface area contributed by atoms with Crippen LogP contribution in [0.3, 0.4) is 0 Å². The zero-order chi connectivity index (χ0) is 24.1. The maximum Gasteiger partial charge on any atom is 0.254 e. The van der Waals surface area contributed by atoms with E-state index in [9.17, 15) is 14.0 Å². The van der Waals surface area contributed by atoms with Gasteiger partial charge in [-0.3, -0.25) is 14.2 Å². The van der Waals surface area contributed by atoms with Crippen molar-refractivity contribution in [1.82, 2.24) is 4.57 Å². The maximum atomic E-state index is 14.0. The number of nitrogens with one attached hydrogen (secondary N) is 1. The molecule has 0 fully saturated rings. The molecule has 5 nitrogen and oxygen atoms in total. The average molecular weight is 459 g/mol. The minimum Gasteiger partial charge on any atom is -0.497 e. The van der Waals surface area contributed by atoms with Gasteiger partial charge >= 0.3 is 0 Å². The number of para-hydroxylation sites is 1. The number of carbonyl (C=O) groups is 1. The molecule has 0 spiro atoms. The molecule has 6 heteroatoms. The molecular formula is C28H27FN2O3. The second-order valence-electron chi connectivity index (χ2n) is 8.18. The Morgan fingerprint density at radius 2 is 1.71 bits per heavy atom. The van der Waals surface area contributed by atoms with Crippen LogP contribution in [0.1, 0.15) is 23.6 Å². The highest BCUT2D eigenvalue weighted by atomic mass is 19.1. The summed E-state index contributed by atoms with van der Waals surface area (Å²) in [7, 11) is 1.55. The lowest BCUT2D eigenvalue weighted by Gasteiger charge is -2.14. The Balaban J connectivity index is 1.66. The molecule has 34 heavy (non-hydrogen) atoms. The second kappa shape index (κ2) is 10.3. The van der Waals surface area contributed by atoms with Crippen LogP contribution in [0.25, 0.3) is 10.9 Å². The van der Waals surface area contributed by atoms with E-state index in [1.54, 1.807) is 25.3 Å². The predicted molar refractivity (Wildman–Crippen MR) is 133 cm³/mol. The zero-order valence-electron chi connectivity index (χ0n) is 19.3. The number of aromatic nitrogens is 1. The lowest BCUT2D eigenvalue weighted by Crippen LogP contribution is -2.30. The Bertz CT molecular complexity index is 1380. The van der Waals surface area contributed by atoms with Gasteiger partial charge in [-0.2, -0.15) is 0 Å². The first-order valence-electron chi connectivity index (χ1n) is 11.3. The van der Waals surface area contributed by atoms with Crippen LogP contribution in [0.2, 0.25) is 0 Å². The summed E-state index contributed by atoms with van der Waals surface area (Å²) in [6, 6.07) is 21.6. The van der Waals surface area contributed by atoms with Gasteiger partial charge in [0, 0.05) is 11.6 Å². The third-order valence-corrected chi connectivity index (χ3v) is 5.94. The van der Waals surface area contributed by atoms with Crippen molar-refractivity contribution in [3.05, 3.63) is 106 Å². The maximum absolute atomic E-state index is 14.0. The van der Waals surface area contributed by atoms with Gasteiger partial charge in [-0.05, 0) is 66.1 Å². The predicted octanol–water partition coefficient (Wildman–Crippen LogP) is 5.14. The molecule has 0 aliphatic carbocycles.